The highest BCUT2D eigenvalue weighted by Crippen LogP contribution is 2.45. The lowest BCUT2D eigenvalue weighted by atomic mass is 9.94. The standard InChI is InChI=1S/C64H40N6/c1-10-30-52-41(20-1)42-21-2-11-31-53(42)67(52)56-34-14-9-28-49(56)50-29-19-39-61(68-54-32-12-3-22-43(54)44-23-4-13-33-55(44)68)63(50)51-40-62(69-57-35-15-5-24-45(57)46-25-6-16-36-58(46)69)66-64(65-51)70-59-37-17-7-26-47(59)48-27-8-18-38-60(48)70/h1-40H/i7D,17D,26D,37D. The van der Waals surface area contributed by atoms with E-state index < -0.39 is 0 Å². The number of nitrogens with zero attached hydrogens (tertiary/aromatic N) is 6. The van der Waals surface area contributed by atoms with Crippen molar-refractivity contribution in [2.45, 2.75) is 0 Å². The third kappa shape index (κ3) is 5.50. The van der Waals surface area contributed by atoms with Gasteiger partial charge >= 0.3 is 0 Å². The molecule has 0 aliphatic rings. The maximum absolute atomic E-state index is 9.53. The topological polar surface area (TPSA) is 45.5 Å². The molecule has 326 valence electrons. The summed E-state index contributed by atoms with van der Waals surface area (Å²) < 4.78 is 45.4. The lowest BCUT2D eigenvalue weighted by Crippen LogP contribution is -2.09. The predicted molar refractivity (Wildman–Crippen MR) is 290 cm³/mol. The van der Waals surface area contributed by atoms with Crippen LogP contribution in [0.25, 0.3) is 133 Å². The SMILES string of the molecule is [2H]c1c([2H])c([2H])c2c(c1[2H])c1ccccc1n2-c1nc(-c2c(-c3ccccc3-n3c4ccccc4c4ccccc43)cccc2-n2c3ccccc3c3ccccc32)cc(-n2c3ccccc3c3ccccc32)n1. The molecule has 0 aliphatic carbocycles. The highest BCUT2D eigenvalue weighted by Gasteiger charge is 2.26. The van der Waals surface area contributed by atoms with Crippen LogP contribution in [0.15, 0.2) is 243 Å². The van der Waals surface area contributed by atoms with Gasteiger partial charge in [0.2, 0.25) is 5.95 Å². The van der Waals surface area contributed by atoms with Crippen LogP contribution in [-0.2, 0) is 0 Å². The molecule has 0 N–H and O–H groups in total. The van der Waals surface area contributed by atoms with Crippen LogP contribution in [-0.4, -0.2) is 28.2 Å². The van der Waals surface area contributed by atoms with E-state index in [9.17, 15) is 2.74 Å². The van der Waals surface area contributed by atoms with Crippen molar-refractivity contribution in [1.82, 2.24) is 28.2 Å². The molecule has 0 atom stereocenters. The highest BCUT2D eigenvalue weighted by atomic mass is 15.2. The van der Waals surface area contributed by atoms with Crippen LogP contribution in [0.2, 0.25) is 0 Å². The minimum absolute atomic E-state index is 0.115. The van der Waals surface area contributed by atoms with E-state index in [1.165, 1.54) is 0 Å². The quantitative estimate of drug-likeness (QED) is 0.167. The van der Waals surface area contributed by atoms with Crippen LogP contribution >= 0.6 is 0 Å². The van der Waals surface area contributed by atoms with Gasteiger partial charge in [-0.3, -0.25) is 9.13 Å². The Morgan fingerprint density at radius 1 is 0.300 bits per heavy atom. The normalized spacial score (nSPS) is 12.8. The Morgan fingerprint density at radius 2 is 0.686 bits per heavy atom. The molecule has 10 aromatic carbocycles. The largest absolute Gasteiger partial charge is 0.309 e. The van der Waals surface area contributed by atoms with Gasteiger partial charge in [0.1, 0.15) is 5.82 Å². The minimum Gasteiger partial charge on any atom is -0.309 e. The van der Waals surface area contributed by atoms with Crippen LogP contribution < -0.4 is 0 Å². The van der Waals surface area contributed by atoms with Crippen LogP contribution in [0.4, 0.5) is 0 Å². The molecule has 0 spiro atoms. The summed E-state index contributed by atoms with van der Waals surface area (Å²) in [5.74, 6) is 0.849. The van der Waals surface area contributed by atoms with E-state index in [2.05, 4.69) is 196 Å². The van der Waals surface area contributed by atoms with Crippen molar-refractivity contribution in [3.8, 4) is 45.5 Å². The van der Waals surface area contributed by atoms with Gasteiger partial charge in [-0.05, 0) is 66.2 Å². The number of fused-ring (bicyclic) bond motifs is 12. The fourth-order valence-corrected chi connectivity index (χ4v) is 11.3. The second-order valence-electron chi connectivity index (χ2n) is 17.8. The Balaban J connectivity index is 1.13. The summed E-state index contributed by atoms with van der Waals surface area (Å²) in [6.45, 7) is 0. The van der Waals surface area contributed by atoms with Crippen molar-refractivity contribution < 1.29 is 5.48 Å². The lowest BCUT2D eigenvalue weighted by molar-refractivity contribution is 0.951. The van der Waals surface area contributed by atoms with Crippen molar-refractivity contribution >= 4 is 87.2 Å². The zero-order chi connectivity index (χ0) is 49.3. The van der Waals surface area contributed by atoms with E-state index in [1.54, 1.807) is 0 Å². The Bertz CT molecular complexity index is 4710. The van der Waals surface area contributed by atoms with Gasteiger partial charge in [-0.2, -0.15) is 4.98 Å². The average molecular weight is 897 g/mol. The number of hydrogen-bond donors (Lipinski definition) is 0. The summed E-state index contributed by atoms with van der Waals surface area (Å²) in [5, 5.41) is 7.80. The number of hydrogen-bond acceptors (Lipinski definition) is 2. The molecule has 15 aromatic rings. The molecule has 5 aromatic heterocycles. The number of aromatic nitrogens is 6. The summed E-state index contributed by atoms with van der Waals surface area (Å²) in [5.41, 5.74) is 12.4. The zero-order valence-electron chi connectivity index (χ0n) is 41.5. The van der Waals surface area contributed by atoms with Gasteiger partial charge in [0.25, 0.3) is 0 Å². The molecular formula is C64H40N6. The first-order valence-electron chi connectivity index (χ1n) is 25.5. The Hall–Kier alpha value is -9.52. The van der Waals surface area contributed by atoms with Crippen molar-refractivity contribution in [3.63, 3.8) is 0 Å². The second-order valence-corrected chi connectivity index (χ2v) is 17.8. The molecule has 0 bridgehead atoms. The van der Waals surface area contributed by atoms with Crippen LogP contribution in [0.1, 0.15) is 5.48 Å². The fourth-order valence-electron chi connectivity index (χ4n) is 11.3. The predicted octanol–water partition coefficient (Wildman–Crippen LogP) is 16.2. The third-order valence-electron chi connectivity index (χ3n) is 14.2. The first-order valence-corrected chi connectivity index (χ1v) is 23.5. The Kier molecular flexibility index (Phi) is 7.44. The zero-order valence-corrected chi connectivity index (χ0v) is 37.5. The Morgan fingerprint density at radius 3 is 1.21 bits per heavy atom. The van der Waals surface area contributed by atoms with Crippen LogP contribution in [0.5, 0.6) is 0 Å². The van der Waals surface area contributed by atoms with Crippen molar-refractivity contribution in [3.05, 3.63) is 243 Å². The maximum atomic E-state index is 9.53. The molecule has 5 heterocycles. The lowest BCUT2D eigenvalue weighted by Gasteiger charge is -2.21. The van der Waals surface area contributed by atoms with E-state index >= 15 is 0 Å². The molecule has 0 aliphatic heterocycles. The van der Waals surface area contributed by atoms with Crippen molar-refractivity contribution in [2.24, 2.45) is 0 Å². The van der Waals surface area contributed by atoms with Gasteiger partial charge in [0.15, 0.2) is 0 Å². The summed E-state index contributed by atoms with van der Waals surface area (Å²) in [6.07, 6.45) is 0. The number of rotatable bonds is 6. The number of para-hydroxylation sites is 9. The molecule has 6 nitrogen and oxygen atoms in total. The minimum atomic E-state index is -0.328. The summed E-state index contributed by atoms with van der Waals surface area (Å²) in [4.78, 5) is 11.3. The van der Waals surface area contributed by atoms with E-state index in [-0.39, 0.29) is 30.1 Å². The van der Waals surface area contributed by atoms with Gasteiger partial charge in [-0.15, -0.1) is 0 Å². The third-order valence-corrected chi connectivity index (χ3v) is 14.2. The Labute approximate surface area is 407 Å². The van der Waals surface area contributed by atoms with E-state index in [1.807, 2.05) is 41.0 Å². The van der Waals surface area contributed by atoms with E-state index in [0.717, 1.165) is 93.5 Å². The van der Waals surface area contributed by atoms with Gasteiger partial charge in [0, 0.05) is 60.3 Å². The van der Waals surface area contributed by atoms with Crippen molar-refractivity contribution in [2.75, 3.05) is 0 Å². The molecule has 0 saturated carbocycles. The molecule has 6 heteroatoms. The fraction of sp³-hybridized carbons (Fsp3) is 0. The van der Waals surface area contributed by atoms with Gasteiger partial charge in [-0.25, -0.2) is 4.98 Å². The molecule has 0 radical (unpaired) electrons. The molecule has 0 fully saturated rings. The molecule has 0 unspecified atom stereocenters. The number of benzene rings is 10. The van der Waals surface area contributed by atoms with Crippen LogP contribution in [0.3, 0.4) is 0 Å². The molecular weight excluding hydrogens is 853 g/mol. The first kappa shape index (κ1) is 34.7. The van der Waals surface area contributed by atoms with Gasteiger partial charge in [-0.1, -0.05) is 176 Å². The summed E-state index contributed by atoms with van der Waals surface area (Å²) in [7, 11) is 0. The average Bonchev–Trinajstić information content (AvgIpc) is 4.19. The molecule has 0 amide bonds. The van der Waals surface area contributed by atoms with E-state index in [4.69, 9.17) is 12.7 Å². The van der Waals surface area contributed by atoms with Crippen LogP contribution in [0, 0.1) is 0 Å². The maximum Gasteiger partial charge on any atom is 0.237 e. The molecule has 15 rings (SSSR count). The van der Waals surface area contributed by atoms with Crippen molar-refractivity contribution in [1.29, 1.82) is 0 Å². The smallest absolute Gasteiger partial charge is 0.237 e. The molecule has 70 heavy (non-hydrogen) atoms. The molecule has 0 saturated heterocycles. The van der Waals surface area contributed by atoms with Gasteiger partial charge < -0.3 is 9.13 Å². The first-order chi connectivity index (χ1) is 36.4. The monoisotopic (exact) mass is 896 g/mol. The van der Waals surface area contributed by atoms with E-state index in [0.29, 0.717) is 33.3 Å². The summed E-state index contributed by atoms with van der Waals surface area (Å²) in [6, 6.07) is 75.0. The second kappa shape index (κ2) is 15.0. The van der Waals surface area contributed by atoms with Gasteiger partial charge in [0.05, 0.1) is 66.7 Å². The highest BCUT2D eigenvalue weighted by molar-refractivity contribution is 6.13. The summed E-state index contributed by atoms with van der Waals surface area (Å²) >= 11 is 0.